The van der Waals surface area contributed by atoms with E-state index in [0.717, 1.165) is 55.6 Å². The van der Waals surface area contributed by atoms with Crippen LogP contribution < -0.4 is 5.32 Å². The molecule has 0 bridgehead atoms. The quantitative estimate of drug-likeness (QED) is 0.383. The molecule has 0 saturated carbocycles. The molecule has 0 aliphatic rings. The fraction of sp³-hybridized carbons (Fsp3) is 0.526. The molecule has 27 heavy (non-hydrogen) atoms. The van der Waals surface area contributed by atoms with Crippen molar-refractivity contribution in [1.29, 1.82) is 0 Å². The molecule has 1 aromatic carbocycles. The van der Waals surface area contributed by atoms with Gasteiger partial charge in [0.15, 0.2) is 5.96 Å². The lowest BCUT2D eigenvalue weighted by Crippen LogP contribution is -2.40. The first-order valence-electron chi connectivity index (χ1n) is 9.23. The van der Waals surface area contributed by atoms with E-state index in [2.05, 4.69) is 28.7 Å². The van der Waals surface area contributed by atoms with Crippen molar-refractivity contribution in [2.45, 2.75) is 32.9 Å². The molecule has 0 spiro atoms. The molecule has 1 heterocycles. The van der Waals surface area contributed by atoms with Crippen molar-refractivity contribution in [3.05, 3.63) is 47.8 Å². The number of aryl methyl sites for hydroxylation is 1. The van der Waals surface area contributed by atoms with Crippen molar-refractivity contribution < 1.29 is 4.39 Å². The normalized spacial score (nSPS) is 11.6. The number of aromatic nitrogens is 3. The lowest BCUT2D eigenvalue weighted by molar-refractivity contribution is 0.468. The molecule has 0 aliphatic heterocycles. The summed E-state index contributed by atoms with van der Waals surface area (Å²) in [5, 5.41) is 11.5. The predicted molar refractivity (Wildman–Crippen MR) is 111 cm³/mol. The van der Waals surface area contributed by atoms with Gasteiger partial charge in [-0.05, 0) is 36.1 Å². The molecule has 0 fully saturated rings. The van der Waals surface area contributed by atoms with Crippen molar-refractivity contribution >= 4 is 17.7 Å². The van der Waals surface area contributed by atoms with Gasteiger partial charge < -0.3 is 14.8 Å². The molecule has 1 N–H and O–H groups in total. The zero-order chi connectivity index (χ0) is 19.5. The Kier molecular flexibility index (Phi) is 9.10. The summed E-state index contributed by atoms with van der Waals surface area (Å²) in [5.74, 6) is 2.67. The zero-order valence-electron chi connectivity index (χ0n) is 16.4. The van der Waals surface area contributed by atoms with Gasteiger partial charge in [0.1, 0.15) is 18.0 Å². The fourth-order valence-electron chi connectivity index (χ4n) is 2.72. The Morgan fingerprint density at radius 3 is 3.00 bits per heavy atom. The molecule has 8 heteroatoms. The van der Waals surface area contributed by atoms with Crippen LogP contribution in [0.4, 0.5) is 4.39 Å². The molecular weight excluding hydrogens is 363 g/mol. The second-order valence-corrected chi connectivity index (χ2v) is 7.24. The molecule has 0 radical (unpaired) electrons. The van der Waals surface area contributed by atoms with E-state index in [-0.39, 0.29) is 5.82 Å². The third-order valence-electron chi connectivity index (χ3n) is 4.09. The van der Waals surface area contributed by atoms with Gasteiger partial charge in [-0.1, -0.05) is 19.1 Å². The number of hydrogen-bond donors (Lipinski definition) is 1. The number of aliphatic imine (C=N–C) groups is 1. The van der Waals surface area contributed by atoms with Crippen LogP contribution >= 0.6 is 11.8 Å². The number of hydrogen-bond acceptors (Lipinski definition) is 4. The van der Waals surface area contributed by atoms with Crippen LogP contribution in [-0.2, 0) is 19.5 Å². The molecule has 0 unspecified atom stereocenters. The van der Waals surface area contributed by atoms with Crippen molar-refractivity contribution in [3.8, 4) is 0 Å². The van der Waals surface area contributed by atoms with Gasteiger partial charge in [-0.15, -0.1) is 10.2 Å². The van der Waals surface area contributed by atoms with E-state index in [9.17, 15) is 4.39 Å². The maximum Gasteiger partial charge on any atom is 0.194 e. The standard InChI is InChI=1S/C19H29FN6S/c1-4-18-24-23-15-26(18)11-10-22-19(21-9-6-12-27-3)25(2)14-16-7-5-8-17(20)13-16/h5,7-8,13,15H,4,6,9-12,14H2,1-3H3,(H,21,22). The van der Waals surface area contributed by atoms with Crippen molar-refractivity contribution in [2.75, 3.05) is 32.1 Å². The molecule has 148 valence electrons. The van der Waals surface area contributed by atoms with E-state index in [1.165, 1.54) is 6.07 Å². The van der Waals surface area contributed by atoms with Gasteiger partial charge >= 0.3 is 0 Å². The van der Waals surface area contributed by atoms with Gasteiger partial charge in [0.25, 0.3) is 0 Å². The topological polar surface area (TPSA) is 58.3 Å². The van der Waals surface area contributed by atoms with Crippen LogP contribution in [0.3, 0.4) is 0 Å². The average Bonchev–Trinajstić information content (AvgIpc) is 3.11. The first-order chi connectivity index (χ1) is 13.1. The molecule has 2 rings (SSSR count). The Hall–Kier alpha value is -2.09. The summed E-state index contributed by atoms with van der Waals surface area (Å²) in [6.45, 7) is 4.93. The number of rotatable bonds is 10. The van der Waals surface area contributed by atoms with E-state index in [1.54, 1.807) is 18.5 Å². The van der Waals surface area contributed by atoms with E-state index in [4.69, 9.17) is 4.99 Å². The number of guanidine groups is 1. The van der Waals surface area contributed by atoms with Crippen LogP contribution in [0.15, 0.2) is 35.6 Å². The van der Waals surface area contributed by atoms with Crippen LogP contribution in [0, 0.1) is 5.82 Å². The maximum absolute atomic E-state index is 13.5. The SMILES string of the molecule is CCc1nncn1CCNC(=NCCCSC)N(C)Cc1cccc(F)c1. The van der Waals surface area contributed by atoms with Crippen LogP contribution in [0.25, 0.3) is 0 Å². The fourth-order valence-corrected chi connectivity index (χ4v) is 3.13. The summed E-state index contributed by atoms with van der Waals surface area (Å²) in [6.07, 6.45) is 5.75. The molecule has 2 aromatic rings. The van der Waals surface area contributed by atoms with Crippen LogP contribution in [-0.4, -0.2) is 57.8 Å². The molecule has 0 amide bonds. The first kappa shape index (κ1) is 21.2. The highest BCUT2D eigenvalue weighted by molar-refractivity contribution is 7.98. The number of nitrogens with zero attached hydrogens (tertiary/aromatic N) is 5. The van der Waals surface area contributed by atoms with Gasteiger partial charge in [0.2, 0.25) is 0 Å². The monoisotopic (exact) mass is 392 g/mol. The zero-order valence-corrected chi connectivity index (χ0v) is 17.2. The molecule has 1 aromatic heterocycles. The Labute approximate surface area is 165 Å². The van der Waals surface area contributed by atoms with Crippen LogP contribution in [0.1, 0.15) is 24.7 Å². The summed E-state index contributed by atoms with van der Waals surface area (Å²) < 4.78 is 15.5. The lowest BCUT2D eigenvalue weighted by Gasteiger charge is -2.23. The largest absolute Gasteiger partial charge is 0.354 e. The Morgan fingerprint density at radius 2 is 2.26 bits per heavy atom. The average molecular weight is 393 g/mol. The van der Waals surface area contributed by atoms with Gasteiger partial charge in [-0.25, -0.2) is 4.39 Å². The van der Waals surface area contributed by atoms with Gasteiger partial charge in [-0.3, -0.25) is 4.99 Å². The minimum atomic E-state index is -0.216. The van der Waals surface area contributed by atoms with Gasteiger partial charge in [0, 0.05) is 39.6 Å². The number of thioether (sulfide) groups is 1. The summed E-state index contributed by atoms with van der Waals surface area (Å²) in [6, 6.07) is 6.69. The first-order valence-corrected chi connectivity index (χ1v) is 10.6. The smallest absolute Gasteiger partial charge is 0.194 e. The van der Waals surface area contributed by atoms with Crippen molar-refractivity contribution in [3.63, 3.8) is 0 Å². The van der Waals surface area contributed by atoms with Crippen LogP contribution in [0.5, 0.6) is 0 Å². The third-order valence-corrected chi connectivity index (χ3v) is 4.78. The minimum absolute atomic E-state index is 0.216. The summed E-state index contributed by atoms with van der Waals surface area (Å²) in [7, 11) is 1.97. The molecule has 0 aliphatic carbocycles. The second-order valence-electron chi connectivity index (χ2n) is 6.26. The molecular formula is C19H29FN6S. The van der Waals surface area contributed by atoms with Gasteiger partial charge in [-0.2, -0.15) is 11.8 Å². The number of nitrogens with one attached hydrogen (secondary N) is 1. The van der Waals surface area contributed by atoms with Crippen molar-refractivity contribution in [1.82, 2.24) is 25.0 Å². The van der Waals surface area contributed by atoms with E-state index in [1.807, 2.05) is 34.3 Å². The Balaban J connectivity index is 1.96. The van der Waals surface area contributed by atoms with E-state index >= 15 is 0 Å². The summed E-state index contributed by atoms with van der Waals surface area (Å²) in [4.78, 5) is 6.75. The second kappa shape index (κ2) is 11.6. The third kappa shape index (κ3) is 7.21. The minimum Gasteiger partial charge on any atom is -0.354 e. The predicted octanol–water partition coefficient (Wildman–Crippen LogP) is 2.81. The summed E-state index contributed by atoms with van der Waals surface area (Å²) in [5.41, 5.74) is 0.920. The Bertz CT molecular complexity index is 718. The number of benzene rings is 1. The van der Waals surface area contributed by atoms with Gasteiger partial charge in [0.05, 0.1) is 0 Å². The van der Waals surface area contributed by atoms with Crippen LogP contribution in [0.2, 0.25) is 0 Å². The molecule has 6 nitrogen and oxygen atoms in total. The molecule has 0 saturated heterocycles. The molecule has 0 atom stereocenters. The lowest BCUT2D eigenvalue weighted by atomic mass is 10.2. The van der Waals surface area contributed by atoms with E-state index in [0.29, 0.717) is 6.54 Å². The Morgan fingerprint density at radius 1 is 1.41 bits per heavy atom. The number of halogens is 1. The van der Waals surface area contributed by atoms with E-state index < -0.39 is 0 Å². The summed E-state index contributed by atoms with van der Waals surface area (Å²) >= 11 is 1.82. The highest BCUT2D eigenvalue weighted by Gasteiger charge is 2.08. The van der Waals surface area contributed by atoms with Crippen molar-refractivity contribution in [2.24, 2.45) is 4.99 Å². The highest BCUT2D eigenvalue weighted by Crippen LogP contribution is 2.07. The highest BCUT2D eigenvalue weighted by atomic mass is 32.2. The maximum atomic E-state index is 13.5.